The highest BCUT2D eigenvalue weighted by Crippen LogP contribution is 2.14. The van der Waals surface area contributed by atoms with Crippen molar-refractivity contribution in [3.05, 3.63) is 16.6 Å². The summed E-state index contributed by atoms with van der Waals surface area (Å²) in [6, 6.07) is 0.584. The Bertz CT molecular complexity index is 236. The van der Waals surface area contributed by atoms with Gasteiger partial charge in [-0.2, -0.15) is 0 Å². The summed E-state index contributed by atoms with van der Waals surface area (Å²) in [4.78, 5) is 4.26. The molecule has 14 heavy (non-hydrogen) atoms. The van der Waals surface area contributed by atoms with Crippen molar-refractivity contribution in [3.8, 4) is 0 Å². The molecule has 0 saturated heterocycles. The highest BCUT2D eigenvalue weighted by Gasteiger charge is 2.08. The van der Waals surface area contributed by atoms with Crippen molar-refractivity contribution >= 4 is 11.3 Å². The Morgan fingerprint density at radius 2 is 2.43 bits per heavy atom. The Morgan fingerprint density at radius 1 is 1.64 bits per heavy atom. The lowest BCUT2D eigenvalue weighted by Crippen LogP contribution is -2.34. The van der Waals surface area contributed by atoms with Crippen LogP contribution in [0.25, 0.3) is 0 Å². The summed E-state index contributed by atoms with van der Waals surface area (Å²) in [6.45, 7) is 5.15. The Morgan fingerprint density at radius 3 is 3.00 bits per heavy atom. The lowest BCUT2D eigenvalue weighted by Gasteiger charge is -2.15. The average Bonchev–Trinajstić information content (AvgIpc) is 2.67. The highest BCUT2D eigenvalue weighted by atomic mass is 32.1. The van der Waals surface area contributed by atoms with E-state index in [0.717, 1.165) is 24.4 Å². The zero-order valence-electron chi connectivity index (χ0n) is 8.86. The predicted octanol–water partition coefficient (Wildman–Crippen LogP) is 1.92. The molecule has 2 unspecified atom stereocenters. The summed E-state index contributed by atoms with van der Waals surface area (Å²) >= 11 is 1.68. The number of hydrogen-bond acceptors (Lipinski definition) is 4. The van der Waals surface area contributed by atoms with Crippen molar-refractivity contribution in [2.24, 2.45) is 5.73 Å². The normalized spacial score (nSPS) is 15.4. The molecule has 3 nitrogen and oxygen atoms in total. The van der Waals surface area contributed by atoms with Gasteiger partial charge in [-0.15, -0.1) is 11.3 Å². The van der Waals surface area contributed by atoms with Gasteiger partial charge in [0, 0.05) is 24.2 Å². The molecule has 0 aromatic carbocycles. The molecule has 1 rings (SSSR count). The van der Waals surface area contributed by atoms with Crippen LogP contribution in [-0.2, 0) is 0 Å². The van der Waals surface area contributed by atoms with Gasteiger partial charge in [0.2, 0.25) is 0 Å². The fourth-order valence-electron chi connectivity index (χ4n) is 1.34. The Balaban J connectivity index is 2.24. The summed E-state index contributed by atoms with van der Waals surface area (Å²) in [5.74, 6) is 0. The second-order valence-electron chi connectivity index (χ2n) is 3.55. The average molecular weight is 213 g/mol. The molecule has 0 saturated carbocycles. The summed E-state index contributed by atoms with van der Waals surface area (Å²) in [6.07, 6.45) is 4.07. The number of thiazole rings is 1. The fraction of sp³-hybridized carbons (Fsp3) is 0.700. The summed E-state index contributed by atoms with van der Waals surface area (Å²) in [5.41, 5.74) is 5.91. The molecule has 0 aliphatic heterocycles. The summed E-state index contributed by atoms with van der Waals surface area (Å²) in [7, 11) is 0. The molecule has 0 aliphatic carbocycles. The van der Waals surface area contributed by atoms with Gasteiger partial charge in [-0.25, -0.2) is 4.98 Å². The molecule has 0 amide bonds. The van der Waals surface area contributed by atoms with Crippen LogP contribution in [0.2, 0.25) is 0 Å². The first-order valence-corrected chi connectivity index (χ1v) is 6.00. The first kappa shape index (κ1) is 11.6. The molecule has 4 heteroatoms. The van der Waals surface area contributed by atoms with Gasteiger partial charge in [-0.05, 0) is 13.3 Å². The van der Waals surface area contributed by atoms with E-state index >= 15 is 0 Å². The van der Waals surface area contributed by atoms with Crippen LogP contribution in [0.4, 0.5) is 0 Å². The van der Waals surface area contributed by atoms with E-state index in [4.69, 9.17) is 5.73 Å². The van der Waals surface area contributed by atoms with Crippen molar-refractivity contribution in [3.63, 3.8) is 0 Å². The van der Waals surface area contributed by atoms with Gasteiger partial charge in [0.05, 0.1) is 6.04 Å². The molecule has 2 atom stereocenters. The zero-order chi connectivity index (χ0) is 10.4. The monoisotopic (exact) mass is 213 g/mol. The van der Waals surface area contributed by atoms with Crippen molar-refractivity contribution < 1.29 is 0 Å². The number of nitrogens with one attached hydrogen (secondary N) is 1. The zero-order valence-corrected chi connectivity index (χ0v) is 9.68. The third kappa shape index (κ3) is 3.74. The van der Waals surface area contributed by atoms with E-state index in [0.29, 0.717) is 6.04 Å². The van der Waals surface area contributed by atoms with Gasteiger partial charge in [-0.3, -0.25) is 0 Å². The minimum absolute atomic E-state index is 0.266. The van der Waals surface area contributed by atoms with E-state index in [-0.39, 0.29) is 6.04 Å². The first-order chi connectivity index (χ1) is 6.74. The molecule has 1 aromatic heterocycles. The second-order valence-corrected chi connectivity index (χ2v) is 4.48. The molecule has 0 bridgehead atoms. The van der Waals surface area contributed by atoms with Crippen molar-refractivity contribution in [1.29, 1.82) is 0 Å². The number of aromatic nitrogens is 1. The fourth-order valence-corrected chi connectivity index (χ4v) is 2.01. The number of hydrogen-bond donors (Lipinski definition) is 2. The topological polar surface area (TPSA) is 50.9 Å². The molecule has 0 spiro atoms. The summed E-state index contributed by atoms with van der Waals surface area (Å²) < 4.78 is 0. The van der Waals surface area contributed by atoms with E-state index in [9.17, 15) is 0 Å². The minimum Gasteiger partial charge on any atom is -0.327 e. The van der Waals surface area contributed by atoms with Crippen LogP contribution in [-0.4, -0.2) is 17.6 Å². The van der Waals surface area contributed by atoms with Crippen LogP contribution in [0.1, 0.15) is 37.7 Å². The van der Waals surface area contributed by atoms with Gasteiger partial charge in [0.1, 0.15) is 5.01 Å². The Labute approximate surface area is 89.7 Å². The lowest BCUT2D eigenvalue weighted by molar-refractivity contribution is 0.492. The van der Waals surface area contributed by atoms with Gasteiger partial charge in [0.25, 0.3) is 0 Å². The second kappa shape index (κ2) is 6.11. The SMILES string of the molecule is CCCC(N)CNC(C)c1nccs1. The van der Waals surface area contributed by atoms with Gasteiger partial charge in [-0.1, -0.05) is 13.3 Å². The van der Waals surface area contributed by atoms with Crippen LogP contribution >= 0.6 is 11.3 Å². The largest absolute Gasteiger partial charge is 0.327 e. The number of rotatable bonds is 6. The number of nitrogens with two attached hydrogens (primary N) is 1. The number of nitrogens with zero attached hydrogens (tertiary/aromatic N) is 1. The molecule has 3 N–H and O–H groups in total. The molecule has 0 fully saturated rings. The smallest absolute Gasteiger partial charge is 0.109 e. The van der Waals surface area contributed by atoms with Crippen LogP contribution in [0, 0.1) is 0 Å². The maximum atomic E-state index is 5.91. The minimum atomic E-state index is 0.266. The van der Waals surface area contributed by atoms with E-state index in [2.05, 4.69) is 24.1 Å². The van der Waals surface area contributed by atoms with Gasteiger partial charge < -0.3 is 11.1 Å². The van der Waals surface area contributed by atoms with E-state index in [1.54, 1.807) is 11.3 Å². The van der Waals surface area contributed by atoms with E-state index in [1.165, 1.54) is 0 Å². The first-order valence-electron chi connectivity index (χ1n) is 5.12. The summed E-state index contributed by atoms with van der Waals surface area (Å²) in [5, 5.41) is 6.53. The predicted molar refractivity (Wildman–Crippen MR) is 61.4 cm³/mol. The van der Waals surface area contributed by atoms with Gasteiger partial charge >= 0.3 is 0 Å². The lowest BCUT2D eigenvalue weighted by atomic mass is 10.2. The van der Waals surface area contributed by atoms with Crippen molar-refractivity contribution in [2.45, 2.75) is 38.8 Å². The molecular weight excluding hydrogens is 194 g/mol. The standard InChI is InChI=1S/C10H19N3S/c1-3-4-9(11)7-13-8(2)10-12-5-6-14-10/h5-6,8-9,13H,3-4,7,11H2,1-2H3. The third-order valence-electron chi connectivity index (χ3n) is 2.17. The van der Waals surface area contributed by atoms with E-state index < -0.39 is 0 Å². The van der Waals surface area contributed by atoms with Crippen LogP contribution < -0.4 is 11.1 Å². The van der Waals surface area contributed by atoms with Crippen LogP contribution in [0.15, 0.2) is 11.6 Å². The van der Waals surface area contributed by atoms with Gasteiger partial charge in [0.15, 0.2) is 0 Å². The van der Waals surface area contributed by atoms with Crippen molar-refractivity contribution in [2.75, 3.05) is 6.54 Å². The quantitative estimate of drug-likeness (QED) is 0.759. The van der Waals surface area contributed by atoms with Crippen LogP contribution in [0.3, 0.4) is 0 Å². The highest BCUT2D eigenvalue weighted by molar-refractivity contribution is 7.09. The van der Waals surface area contributed by atoms with Crippen LogP contribution in [0.5, 0.6) is 0 Å². The molecule has 1 aromatic rings. The Kier molecular flexibility index (Phi) is 5.07. The third-order valence-corrected chi connectivity index (χ3v) is 3.13. The maximum Gasteiger partial charge on any atom is 0.109 e. The molecule has 0 aliphatic rings. The molecule has 80 valence electrons. The molecule has 1 heterocycles. The molecule has 0 radical (unpaired) electrons. The maximum absolute atomic E-state index is 5.91. The van der Waals surface area contributed by atoms with E-state index in [1.807, 2.05) is 11.6 Å². The Hall–Kier alpha value is -0.450. The van der Waals surface area contributed by atoms with Crippen molar-refractivity contribution in [1.82, 2.24) is 10.3 Å². The molecular formula is C10H19N3S.